The van der Waals surface area contributed by atoms with Gasteiger partial charge in [-0.25, -0.2) is 0 Å². The van der Waals surface area contributed by atoms with Crippen LogP contribution < -0.4 is 0 Å². The molecule has 0 aliphatic rings. The molecule has 0 N–H and O–H groups in total. The van der Waals surface area contributed by atoms with Gasteiger partial charge in [0.05, 0.1) is 0 Å². The van der Waals surface area contributed by atoms with Gasteiger partial charge in [-0.1, -0.05) is 26.2 Å². The van der Waals surface area contributed by atoms with Crippen LogP contribution in [-0.2, 0) is 20.1 Å². The molecule has 1 heteroatoms. The normalized spacial score (nSPS) is 7.71. The molecule has 0 aliphatic carbocycles. The molecule has 0 bridgehead atoms. The SMILES string of the molecule is [CH2-]CCCCC.[Ir]. The maximum atomic E-state index is 3.72. The van der Waals surface area contributed by atoms with E-state index in [1.165, 1.54) is 19.3 Å². The van der Waals surface area contributed by atoms with Gasteiger partial charge in [-0.15, -0.1) is 0 Å². The van der Waals surface area contributed by atoms with E-state index in [0.29, 0.717) is 0 Å². The van der Waals surface area contributed by atoms with Gasteiger partial charge in [0.25, 0.3) is 0 Å². The zero-order valence-corrected chi connectivity index (χ0v) is 7.26. The Kier molecular flexibility index (Phi) is 14.9. The standard InChI is InChI=1S/C6H13.Ir/c1-3-5-6-4-2;/h1,3-6H2,2H3;/q-1;. The maximum Gasteiger partial charge on any atom is 0 e. The first kappa shape index (κ1) is 10.6. The van der Waals surface area contributed by atoms with Crippen LogP contribution in [0.2, 0.25) is 0 Å². The molecule has 0 rings (SSSR count). The van der Waals surface area contributed by atoms with E-state index in [9.17, 15) is 0 Å². The van der Waals surface area contributed by atoms with Crippen LogP contribution in [0.15, 0.2) is 0 Å². The van der Waals surface area contributed by atoms with Crippen LogP contribution >= 0.6 is 0 Å². The van der Waals surface area contributed by atoms with Crippen molar-refractivity contribution in [3.63, 3.8) is 0 Å². The molecule has 0 aromatic rings. The third-order valence-corrected chi connectivity index (χ3v) is 0.854. The molecule has 0 saturated heterocycles. The van der Waals surface area contributed by atoms with Crippen molar-refractivity contribution in [2.24, 2.45) is 0 Å². The molecule has 0 saturated carbocycles. The van der Waals surface area contributed by atoms with Gasteiger partial charge < -0.3 is 6.92 Å². The van der Waals surface area contributed by atoms with Crippen molar-refractivity contribution in [3.8, 4) is 0 Å². The maximum absolute atomic E-state index is 3.72. The summed E-state index contributed by atoms with van der Waals surface area (Å²) in [5.41, 5.74) is 0. The summed E-state index contributed by atoms with van der Waals surface area (Å²) >= 11 is 0. The van der Waals surface area contributed by atoms with Crippen molar-refractivity contribution < 1.29 is 20.1 Å². The number of unbranched alkanes of at least 4 members (excludes halogenated alkanes) is 3. The van der Waals surface area contributed by atoms with Crippen molar-refractivity contribution in [1.29, 1.82) is 0 Å². The Morgan fingerprint density at radius 1 is 1.29 bits per heavy atom. The molecule has 0 unspecified atom stereocenters. The third kappa shape index (κ3) is 10.8. The summed E-state index contributed by atoms with van der Waals surface area (Å²) < 4.78 is 0. The van der Waals surface area contributed by atoms with Crippen molar-refractivity contribution in [2.75, 3.05) is 0 Å². The molecule has 0 aromatic carbocycles. The topological polar surface area (TPSA) is 0 Å². The predicted molar refractivity (Wildman–Crippen MR) is 29.5 cm³/mol. The quantitative estimate of drug-likeness (QED) is 0.549. The molecule has 0 fully saturated rings. The molecule has 0 atom stereocenters. The van der Waals surface area contributed by atoms with Gasteiger partial charge in [-0.2, -0.15) is 6.42 Å². The molecule has 0 nitrogen and oxygen atoms in total. The predicted octanol–water partition coefficient (Wildman–Crippen LogP) is 2.40. The Hall–Kier alpha value is 0.649. The van der Waals surface area contributed by atoms with Crippen molar-refractivity contribution in [2.45, 2.75) is 32.6 Å². The van der Waals surface area contributed by atoms with Crippen LogP contribution in [-0.4, -0.2) is 0 Å². The van der Waals surface area contributed by atoms with Crippen LogP contribution in [0.5, 0.6) is 0 Å². The van der Waals surface area contributed by atoms with Crippen molar-refractivity contribution in [3.05, 3.63) is 6.92 Å². The van der Waals surface area contributed by atoms with Gasteiger partial charge in [0, 0.05) is 20.1 Å². The van der Waals surface area contributed by atoms with Gasteiger partial charge >= 0.3 is 0 Å². The van der Waals surface area contributed by atoms with Crippen LogP contribution in [0.3, 0.4) is 0 Å². The molecule has 1 radical (unpaired) electrons. The zero-order valence-electron chi connectivity index (χ0n) is 4.87. The summed E-state index contributed by atoms with van der Waals surface area (Å²) in [6.07, 6.45) is 5.07. The van der Waals surface area contributed by atoms with E-state index in [2.05, 4.69) is 13.8 Å². The van der Waals surface area contributed by atoms with Crippen molar-refractivity contribution in [1.82, 2.24) is 0 Å². The second kappa shape index (κ2) is 9.82. The molecule has 0 heterocycles. The Morgan fingerprint density at radius 2 is 1.86 bits per heavy atom. The van der Waals surface area contributed by atoms with Crippen LogP contribution in [0, 0.1) is 6.92 Å². The summed E-state index contributed by atoms with van der Waals surface area (Å²) in [7, 11) is 0. The molecule has 7 heavy (non-hydrogen) atoms. The summed E-state index contributed by atoms with van der Waals surface area (Å²) in [6, 6.07) is 0. The third-order valence-electron chi connectivity index (χ3n) is 0.854. The summed E-state index contributed by atoms with van der Waals surface area (Å²) in [4.78, 5) is 0. The average molecular weight is 277 g/mol. The molecular formula is C6H13Ir-. The number of rotatable bonds is 3. The molecule has 47 valence electrons. The Bertz CT molecular complexity index is 16.1. The minimum absolute atomic E-state index is 0. The minimum atomic E-state index is 0. The first-order chi connectivity index (χ1) is 2.91. The van der Waals surface area contributed by atoms with E-state index >= 15 is 0 Å². The fourth-order valence-electron chi connectivity index (χ4n) is 0.427. The van der Waals surface area contributed by atoms with Crippen LogP contribution in [0.1, 0.15) is 32.6 Å². The van der Waals surface area contributed by atoms with E-state index in [1.807, 2.05) is 0 Å². The van der Waals surface area contributed by atoms with Crippen LogP contribution in [0.25, 0.3) is 0 Å². The van der Waals surface area contributed by atoms with E-state index in [-0.39, 0.29) is 20.1 Å². The van der Waals surface area contributed by atoms with E-state index in [1.54, 1.807) is 0 Å². The second-order valence-electron chi connectivity index (χ2n) is 1.56. The van der Waals surface area contributed by atoms with Crippen molar-refractivity contribution >= 4 is 0 Å². The molecule has 0 aromatic heterocycles. The Labute approximate surface area is 60.0 Å². The fraction of sp³-hybridized carbons (Fsp3) is 0.833. The van der Waals surface area contributed by atoms with Crippen LogP contribution in [0.4, 0.5) is 0 Å². The van der Waals surface area contributed by atoms with E-state index < -0.39 is 0 Å². The number of hydrogen-bond donors (Lipinski definition) is 0. The fourth-order valence-corrected chi connectivity index (χ4v) is 0.427. The first-order valence-corrected chi connectivity index (χ1v) is 2.71. The first-order valence-electron chi connectivity index (χ1n) is 2.71. The molecule has 0 aliphatic heterocycles. The Balaban J connectivity index is 0. The average Bonchev–Trinajstić information content (AvgIpc) is 1.61. The summed E-state index contributed by atoms with van der Waals surface area (Å²) in [5, 5.41) is 0. The Morgan fingerprint density at radius 3 is 2.00 bits per heavy atom. The molecular weight excluding hydrogens is 264 g/mol. The van der Waals surface area contributed by atoms with Gasteiger partial charge in [0.15, 0.2) is 0 Å². The van der Waals surface area contributed by atoms with Gasteiger partial charge in [0.1, 0.15) is 0 Å². The second-order valence-corrected chi connectivity index (χ2v) is 1.56. The zero-order chi connectivity index (χ0) is 4.83. The summed E-state index contributed by atoms with van der Waals surface area (Å²) in [5.74, 6) is 0. The largest absolute Gasteiger partial charge is 0.343 e. The monoisotopic (exact) mass is 278 g/mol. The van der Waals surface area contributed by atoms with Gasteiger partial charge in [0.2, 0.25) is 0 Å². The number of hydrogen-bond acceptors (Lipinski definition) is 0. The molecule has 0 amide bonds. The minimum Gasteiger partial charge on any atom is -0.343 e. The summed E-state index contributed by atoms with van der Waals surface area (Å²) in [6.45, 7) is 5.93. The molecule has 0 spiro atoms. The van der Waals surface area contributed by atoms with E-state index in [0.717, 1.165) is 6.42 Å². The van der Waals surface area contributed by atoms with E-state index in [4.69, 9.17) is 0 Å². The van der Waals surface area contributed by atoms with Gasteiger partial charge in [-0.05, 0) is 0 Å². The smallest absolute Gasteiger partial charge is 0 e. The van der Waals surface area contributed by atoms with Gasteiger partial charge in [-0.3, -0.25) is 0 Å².